The van der Waals surface area contributed by atoms with Gasteiger partial charge in [0.2, 0.25) is 11.8 Å². The summed E-state index contributed by atoms with van der Waals surface area (Å²) in [6.45, 7) is 0.386. The number of hydrogen-bond acceptors (Lipinski definition) is 3. The second kappa shape index (κ2) is 8.55. The van der Waals surface area contributed by atoms with Crippen molar-refractivity contribution in [1.29, 1.82) is 0 Å². The number of fused-ring (bicyclic) bond motifs is 1. The molecule has 1 aliphatic rings. The highest BCUT2D eigenvalue weighted by molar-refractivity contribution is 6.03. The molecule has 0 aromatic heterocycles. The summed E-state index contributed by atoms with van der Waals surface area (Å²) < 4.78 is 6.06. The Morgan fingerprint density at radius 1 is 0.844 bits per heavy atom. The molecule has 4 aromatic carbocycles. The molecule has 0 saturated carbocycles. The van der Waals surface area contributed by atoms with E-state index >= 15 is 0 Å². The van der Waals surface area contributed by atoms with E-state index in [1.807, 2.05) is 97.1 Å². The van der Waals surface area contributed by atoms with E-state index in [0.29, 0.717) is 18.0 Å². The Morgan fingerprint density at radius 3 is 2.38 bits per heavy atom. The molecule has 5 rings (SSSR count). The SMILES string of the molecule is O=C(Nc1ccc(Oc2cccc3ccccc23)cc1)[C@H]1CC(=O)N(c2ccccc2)C1. The smallest absolute Gasteiger partial charge is 0.229 e. The van der Waals surface area contributed by atoms with Crippen LogP contribution in [-0.2, 0) is 9.59 Å². The molecular formula is C27H22N2O3. The maximum atomic E-state index is 12.7. The van der Waals surface area contributed by atoms with Gasteiger partial charge in [0.15, 0.2) is 0 Å². The topological polar surface area (TPSA) is 58.6 Å². The molecule has 1 heterocycles. The van der Waals surface area contributed by atoms with Crippen LogP contribution in [0.25, 0.3) is 10.8 Å². The first-order valence-corrected chi connectivity index (χ1v) is 10.6. The highest BCUT2D eigenvalue weighted by Gasteiger charge is 2.35. The zero-order valence-corrected chi connectivity index (χ0v) is 17.4. The highest BCUT2D eigenvalue weighted by atomic mass is 16.5. The van der Waals surface area contributed by atoms with Crippen LogP contribution < -0.4 is 15.0 Å². The highest BCUT2D eigenvalue weighted by Crippen LogP contribution is 2.31. The van der Waals surface area contributed by atoms with Crippen molar-refractivity contribution < 1.29 is 14.3 Å². The third-order valence-electron chi connectivity index (χ3n) is 5.66. The number of nitrogens with one attached hydrogen (secondary N) is 1. The molecule has 0 unspecified atom stereocenters. The third kappa shape index (κ3) is 4.05. The van der Waals surface area contributed by atoms with Gasteiger partial charge in [-0.25, -0.2) is 0 Å². The van der Waals surface area contributed by atoms with Crippen molar-refractivity contribution in [1.82, 2.24) is 0 Å². The summed E-state index contributed by atoms with van der Waals surface area (Å²) >= 11 is 0. The first-order valence-electron chi connectivity index (χ1n) is 10.6. The Bertz CT molecular complexity index is 1260. The standard InChI is InChI=1S/C27H22N2O3/c30-26-17-20(18-29(26)22-9-2-1-3-10-22)27(31)28-21-13-15-23(16-14-21)32-25-12-6-8-19-7-4-5-11-24(19)25/h1-16,20H,17-18H2,(H,28,31)/t20-/m0/s1. The number of carbonyl (C=O) groups is 2. The monoisotopic (exact) mass is 422 g/mol. The normalized spacial score (nSPS) is 15.7. The Balaban J connectivity index is 1.24. The summed E-state index contributed by atoms with van der Waals surface area (Å²) in [6, 6.07) is 30.7. The Labute approximate surface area is 186 Å². The van der Waals surface area contributed by atoms with Crippen LogP contribution in [0.5, 0.6) is 11.5 Å². The molecule has 158 valence electrons. The van der Waals surface area contributed by atoms with E-state index in [9.17, 15) is 9.59 Å². The van der Waals surface area contributed by atoms with Crippen LogP contribution in [0.3, 0.4) is 0 Å². The summed E-state index contributed by atoms with van der Waals surface area (Å²) in [4.78, 5) is 26.8. The number of rotatable bonds is 5. The predicted octanol–water partition coefficient (Wildman–Crippen LogP) is 5.62. The van der Waals surface area contributed by atoms with Crippen LogP contribution >= 0.6 is 0 Å². The lowest BCUT2D eigenvalue weighted by atomic mass is 10.1. The van der Waals surface area contributed by atoms with Crippen molar-refractivity contribution in [3.8, 4) is 11.5 Å². The van der Waals surface area contributed by atoms with Crippen LogP contribution in [0.1, 0.15) is 6.42 Å². The quantitative estimate of drug-likeness (QED) is 0.454. The molecule has 1 saturated heterocycles. The number of benzene rings is 4. The molecule has 1 N–H and O–H groups in total. The first-order chi connectivity index (χ1) is 15.7. The number of para-hydroxylation sites is 1. The minimum atomic E-state index is -0.380. The summed E-state index contributed by atoms with van der Waals surface area (Å²) in [6.07, 6.45) is 0.211. The maximum absolute atomic E-state index is 12.7. The van der Waals surface area contributed by atoms with Crippen molar-refractivity contribution in [3.63, 3.8) is 0 Å². The molecule has 0 spiro atoms. The summed E-state index contributed by atoms with van der Waals surface area (Å²) in [7, 11) is 0. The second-order valence-electron chi connectivity index (χ2n) is 7.83. The van der Waals surface area contributed by atoms with Crippen molar-refractivity contribution in [2.75, 3.05) is 16.8 Å². The lowest BCUT2D eigenvalue weighted by molar-refractivity contribution is -0.122. The number of hydrogen-bond donors (Lipinski definition) is 1. The largest absolute Gasteiger partial charge is 0.457 e. The molecular weight excluding hydrogens is 400 g/mol. The van der Waals surface area contributed by atoms with Gasteiger partial charge >= 0.3 is 0 Å². The predicted molar refractivity (Wildman–Crippen MR) is 126 cm³/mol. The number of anilines is 2. The summed E-state index contributed by atoms with van der Waals surface area (Å²) in [5.41, 5.74) is 1.49. The van der Waals surface area contributed by atoms with Crippen LogP contribution in [0.4, 0.5) is 11.4 Å². The van der Waals surface area contributed by atoms with Crippen LogP contribution in [0.15, 0.2) is 97.1 Å². The molecule has 1 fully saturated rings. The Kier molecular flexibility index (Phi) is 5.30. The number of nitrogens with zero attached hydrogens (tertiary/aromatic N) is 1. The first kappa shape index (κ1) is 19.8. The van der Waals surface area contributed by atoms with Gasteiger partial charge in [0.1, 0.15) is 11.5 Å². The summed E-state index contributed by atoms with van der Waals surface area (Å²) in [5.74, 6) is 0.903. The van der Waals surface area contributed by atoms with Gasteiger partial charge in [0, 0.05) is 29.7 Å². The molecule has 5 nitrogen and oxygen atoms in total. The molecule has 32 heavy (non-hydrogen) atoms. The van der Waals surface area contributed by atoms with E-state index in [1.54, 1.807) is 4.90 Å². The van der Waals surface area contributed by atoms with E-state index in [0.717, 1.165) is 22.2 Å². The fourth-order valence-corrected chi connectivity index (χ4v) is 4.00. The molecule has 2 amide bonds. The Morgan fingerprint density at radius 2 is 1.56 bits per heavy atom. The molecule has 4 aromatic rings. The molecule has 5 heteroatoms. The number of carbonyl (C=O) groups excluding carboxylic acids is 2. The lowest BCUT2D eigenvalue weighted by Crippen LogP contribution is -2.28. The molecule has 1 atom stereocenters. The fourth-order valence-electron chi connectivity index (χ4n) is 4.00. The van der Waals surface area contributed by atoms with Crippen molar-refractivity contribution in [3.05, 3.63) is 97.1 Å². The number of amides is 2. The average molecular weight is 422 g/mol. The van der Waals surface area contributed by atoms with Gasteiger partial charge in [-0.1, -0.05) is 54.6 Å². The van der Waals surface area contributed by atoms with Gasteiger partial charge in [-0.2, -0.15) is 0 Å². The van der Waals surface area contributed by atoms with Crippen molar-refractivity contribution in [2.24, 2.45) is 5.92 Å². The lowest BCUT2D eigenvalue weighted by Gasteiger charge is -2.16. The number of ether oxygens (including phenoxy) is 1. The van der Waals surface area contributed by atoms with E-state index in [-0.39, 0.29) is 24.2 Å². The zero-order chi connectivity index (χ0) is 21.9. The van der Waals surface area contributed by atoms with E-state index in [2.05, 4.69) is 5.32 Å². The minimum Gasteiger partial charge on any atom is -0.457 e. The zero-order valence-electron chi connectivity index (χ0n) is 17.4. The molecule has 0 aliphatic carbocycles. The maximum Gasteiger partial charge on any atom is 0.229 e. The van der Waals surface area contributed by atoms with Gasteiger partial charge in [0.05, 0.1) is 5.92 Å². The fraction of sp³-hybridized carbons (Fsp3) is 0.111. The second-order valence-corrected chi connectivity index (χ2v) is 7.83. The van der Waals surface area contributed by atoms with Crippen LogP contribution in [-0.4, -0.2) is 18.4 Å². The van der Waals surface area contributed by atoms with Gasteiger partial charge < -0.3 is 15.0 Å². The third-order valence-corrected chi connectivity index (χ3v) is 5.66. The van der Waals surface area contributed by atoms with Gasteiger partial charge in [-0.05, 0) is 47.9 Å². The minimum absolute atomic E-state index is 0.0322. The molecule has 0 bridgehead atoms. The van der Waals surface area contributed by atoms with Gasteiger partial charge in [-0.15, -0.1) is 0 Å². The van der Waals surface area contributed by atoms with Crippen molar-refractivity contribution >= 4 is 34.0 Å². The van der Waals surface area contributed by atoms with Gasteiger partial charge in [0.25, 0.3) is 0 Å². The average Bonchev–Trinajstić information content (AvgIpc) is 3.23. The van der Waals surface area contributed by atoms with E-state index in [1.165, 1.54) is 0 Å². The van der Waals surface area contributed by atoms with Crippen LogP contribution in [0.2, 0.25) is 0 Å². The van der Waals surface area contributed by atoms with E-state index in [4.69, 9.17) is 4.74 Å². The van der Waals surface area contributed by atoms with Crippen LogP contribution in [0, 0.1) is 5.92 Å². The molecule has 0 radical (unpaired) electrons. The van der Waals surface area contributed by atoms with Gasteiger partial charge in [-0.3, -0.25) is 9.59 Å². The summed E-state index contributed by atoms with van der Waals surface area (Å²) in [5, 5.41) is 5.08. The Hall–Kier alpha value is -4.12. The van der Waals surface area contributed by atoms with Crippen molar-refractivity contribution in [2.45, 2.75) is 6.42 Å². The molecule has 1 aliphatic heterocycles. The van der Waals surface area contributed by atoms with E-state index < -0.39 is 0 Å².